The standard InChI is InChI=1S/C17H26FNO2/c1-12-8-10-17(11-9-12,19(2)3)16(20)13-6-5-7-14(21-4)15(13)18/h5-7,12,16,20H,8-11H2,1-4H3. The molecule has 1 aliphatic rings. The summed E-state index contributed by atoms with van der Waals surface area (Å²) in [5.74, 6) is 0.400. The number of benzene rings is 1. The van der Waals surface area contributed by atoms with E-state index >= 15 is 0 Å². The van der Waals surface area contributed by atoms with Gasteiger partial charge in [-0.05, 0) is 51.8 Å². The molecule has 0 amide bonds. The largest absolute Gasteiger partial charge is 0.494 e. The number of aliphatic hydroxyl groups is 1. The SMILES string of the molecule is COc1cccc(C(O)C2(N(C)C)CCC(C)CC2)c1F. The molecule has 1 atom stereocenters. The van der Waals surface area contributed by atoms with Gasteiger partial charge in [-0.3, -0.25) is 0 Å². The Morgan fingerprint density at radius 2 is 1.95 bits per heavy atom. The molecule has 1 aromatic carbocycles. The van der Waals surface area contributed by atoms with Gasteiger partial charge in [0.25, 0.3) is 0 Å². The summed E-state index contributed by atoms with van der Waals surface area (Å²) < 4.78 is 19.5. The van der Waals surface area contributed by atoms with Gasteiger partial charge in [0.05, 0.1) is 12.6 Å². The summed E-state index contributed by atoms with van der Waals surface area (Å²) in [5.41, 5.74) is -0.0719. The minimum absolute atomic E-state index is 0.185. The number of hydrogen-bond acceptors (Lipinski definition) is 3. The van der Waals surface area contributed by atoms with E-state index in [-0.39, 0.29) is 5.75 Å². The zero-order valence-corrected chi connectivity index (χ0v) is 13.4. The molecule has 1 aromatic rings. The van der Waals surface area contributed by atoms with Crippen LogP contribution >= 0.6 is 0 Å². The Morgan fingerprint density at radius 3 is 2.48 bits per heavy atom. The van der Waals surface area contributed by atoms with Crippen LogP contribution in [0.2, 0.25) is 0 Å². The molecule has 1 N–H and O–H groups in total. The number of halogens is 1. The summed E-state index contributed by atoms with van der Waals surface area (Å²) in [5, 5.41) is 10.9. The summed E-state index contributed by atoms with van der Waals surface area (Å²) in [6, 6.07) is 4.97. The lowest BCUT2D eigenvalue weighted by molar-refractivity contribution is -0.0425. The number of methoxy groups -OCH3 is 1. The molecule has 2 rings (SSSR count). The molecule has 3 nitrogen and oxygen atoms in total. The van der Waals surface area contributed by atoms with Gasteiger partial charge in [0.1, 0.15) is 6.10 Å². The predicted molar refractivity (Wildman–Crippen MR) is 82.0 cm³/mol. The topological polar surface area (TPSA) is 32.7 Å². The highest BCUT2D eigenvalue weighted by Gasteiger charge is 2.44. The molecule has 0 bridgehead atoms. The van der Waals surface area contributed by atoms with Crippen molar-refractivity contribution in [2.24, 2.45) is 5.92 Å². The summed E-state index contributed by atoms with van der Waals surface area (Å²) in [4.78, 5) is 2.06. The Morgan fingerprint density at radius 1 is 1.33 bits per heavy atom. The number of aliphatic hydroxyl groups excluding tert-OH is 1. The Hall–Kier alpha value is -1.13. The van der Waals surface area contributed by atoms with E-state index in [0.29, 0.717) is 11.5 Å². The average molecular weight is 295 g/mol. The van der Waals surface area contributed by atoms with Crippen molar-refractivity contribution in [2.45, 2.75) is 44.2 Å². The highest BCUT2D eigenvalue weighted by Crippen LogP contribution is 2.44. The lowest BCUT2D eigenvalue weighted by Crippen LogP contribution is -2.51. The maximum Gasteiger partial charge on any atom is 0.170 e. The van der Waals surface area contributed by atoms with Crippen LogP contribution in [0.25, 0.3) is 0 Å². The molecule has 0 heterocycles. The van der Waals surface area contributed by atoms with Crippen LogP contribution in [0.15, 0.2) is 18.2 Å². The van der Waals surface area contributed by atoms with Crippen molar-refractivity contribution in [3.05, 3.63) is 29.6 Å². The average Bonchev–Trinajstić information content (AvgIpc) is 2.47. The van der Waals surface area contributed by atoms with Gasteiger partial charge in [0, 0.05) is 5.56 Å². The van der Waals surface area contributed by atoms with Crippen LogP contribution in [0.4, 0.5) is 4.39 Å². The first-order chi connectivity index (χ1) is 9.92. The first-order valence-corrected chi connectivity index (χ1v) is 7.60. The van der Waals surface area contributed by atoms with E-state index in [9.17, 15) is 9.50 Å². The lowest BCUT2D eigenvalue weighted by atomic mass is 9.71. The highest BCUT2D eigenvalue weighted by atomic mass is 19.1. The third-order valence-corrected chi connectivity index (χ3v) is 5.05. The van der Waals surface area contributed by atoms with E-state index in [4.69, 9.17) is 4.74 Å². The van der Waals surface area contributed by atoms with Gasteiger partial charge in [0.2, 0.25) is 0 Å². The molecule has 0 saturated heterocycles. The Kier molecular flexibility index (Phi) is 4.89. The van der Waals surface area contributed by atoms with Crippen LogP contribution in [-0.4, -0.2) is 36.8 Å². The van der Waals surface area contributed by atoms with E-state index in [1.807, 2.05) is 14.1 Å². The molecule has 1 aliphatic carbocycles. The molecule has 0 radical (unpaired) electrons. The lowest BCUT2D eigenvalue weighted by Gasteiger charge is -2.47. The van der Waals surface area contributed by atoms with Gasteiger partial charge in [-0.1, -0.05) is 19.1 Å². The fourth-order valence-electron chi connectivity index (χ4n) is 3.41. The fourth-order valence-corrected chi connectivity index (χ4v) is 3.41. The zero-order valence-electron chi connectivity index (χ0n) is 13.4. The van der Waals surface area contributed by atoms with Crippen molar-refractivity contribution in [3.8, 4) is 5.75 Å². The van der Waals surface area contributed by atoms with Crippen molar-refractivity contribution in [1.29, 1.82) is 0 Å². The van der Waals surface area contributed by atoms with E-state index in [0.717, 1.165) is 25.7 Å². The molecular formula is C17H26FNO2. The first kappa shape index (κ1) is 16.2. The van der Waals surface area contributed by atoms with E-state index in [2.05, 4.69) is 11.8 Å². The van der Waals surface area contributed by atoms with Crippen molar-refractivity contribution in [2.75, 3.05) is 21.2 Å². The van der Waals surface area contributed by atoms with Crippen molar-refractivity contribution < 1.29 is 14.2 Å². The maximum absolute atomic E-state index is 14.5. The highest BCUT2D eigenvalue weighted by molar-refractivity contribution is 5.34. The minimum Gasteiger partial charge on any atom is -0.494 e. The fraction of sp³-hybridized carbons (Fsp3) is 0.647. The molecule has 1 saturated carbocycles. The van der Waals surface area contributed by atoms with Crippen LogP contribution in [0, 0.1) is 11.7 Å². The number of likely N-dealkylation sites (N-methyl/N-ethyl adjacent to an activating group) is 1. The summed E-state index contributed by atoms with van der Waals surface area (Å²) in [6.07, 6.45) is 3.01. The molecule has 118 valence electrons. The third kappa shape index (κ3) is 2.92. The van der Waals surface area contributed by atoms with Gasteiger partial charge < -0.3 is 14.7 Å². The summed E-state index contributed by atoms with van der Waals surface area (Å²) >= 11 is 0. The van der Waals surface area contributed by atoms with Crippen LogP contribution in [-0.2, 0) is 0 Å². The second-order valence-electron chi connectivity index (χ2n) is 6.45. The second-order valence-corrected chi connectivity index (χ2v) is 6.45. The Bertz CT molecular complexity index is 482. The minimum atomic E-state index is -0.852. The monoisotopic (exact) mass is 295 g/mol. The molecule has 1 fully saturated rings. The van der Waals surface area contributed by atoms with Gasteiger partial charge >= 0.3 is 0 Å². The molecule has 0 spiro atoms. The van der Waals surface area contributed by atoms with Gasteiger partial charge in [-0.15, -0.1) is 0 Å². The smallest absolute Gasteiger partial charge is 0.170 e. The van der Waals surface area contributed by atoms with Crippen LogP contribution < -0.4 is 4.74 Å². The molecule has 1 unspecified atom stereocenters. The number of nitrogens with zero attached hydrogens (tertiary/aromatic N) is 1. The summed E-state index contributed by atoms with van der Waals surface area (Å²) in [7, 11) is 5.38. The van der Waals surface area contributed by atoms with Crippen molar-refractivity contribution in [1.82, 2.24) is 4.90 Å². The molecule has 21 heavy (non-hydrogen) atoms. The van der Waals surface area contributed by atoms with Gasteiger partial charge in [-0.2, -0.15) is 0 Å². The normalized spacial score (nSPS) is 27.7. The third-order valence-electron chi connectivity index (χ3n) is 5.05. The van der Waals surface area contributed by atoms with Crippen LogP contribution in [0.3, 0.4) is 0 Å². The number of hydrogen-bond donors (Lipinski definition) is 1. The number of ether oxygens (including phenoxy) is 1. The molecule has 0 aromatic heterocycles. The van der Waals surface area contributed by atoms with Crippen LogP contribution in [0.5, 0.6) is 5.75 Å². The Labute approximate surface area is 126 Å². The van der Waals surface area contributed by atoms with E-state index < -0.39 is 17.5 Å². The molecular weight excluding hydrogens is 269 g/mol. The number of rotatable bonds is 4. The summed E-state index contributed by atoms with van der Waals surface area (Å²) in [6.45, 7) is 2.23. The zero-order chi connectivity index (χ0) is 15.6. The van der Waals surface area contributed by atoms with Crippen molar-refractivity contribution >= 4 is 0 Å². The van der Waals surface area contributed by atoms with Gasteiger partial charge in [-0.25, -0.2) is 4.39 Å². The van der Waals surface area contributed by atoms with E-state index in [1.165, 1.54) is 7.11 Å². The van der Waals surface area contributed by atoms with E-state index in [1.54, 1.807) is 18.2 Å². The maximum atomic E-state index is 14.5. The molecule has 0 aliphatic heterocycles. The second kappa shape index (κ2) is 6.32. The Balaban J connectivity index is 2.38. The molecule has 4 heteroatoms. The van der Waals surface area contributed by atoms with Gasteiger partial charge in [0.15, 0.2) is 11.6 Å². The quantitative estimate of drug-likeness (QED) is 0.924. The predicted octanol–water partition coefficient (Wildman–Crippen LogP) is 3.38. The van der Waals surface area contributed by atoms with Crippen LogP contribution in [0.1, 0.15) is 44.3 Å². The first-order valence-electron chi connectivity index (χ1n) is 7.60. The van der Waals surface area contributed by atoms with Crippen molar-refractivity contribution in [3.63, 3.8) is 0 Å².